The lowest BCUT2D eigenvalue weighted by Crippen LogP contribution is -2.64. The third kappa shape index (κ3) is 4.26. The lowest BCUT2D eigenvalue weighted by Gasteiger charge is -2.59. The van der Waals surface area contributed by atoms with Gasteiger partial charge < -0.3 is 19.9 Å². The summed E-state index contributed by atoms with van der Waals surface area (Å²) in [5.74, 6) is 2.23. The van der Waals surface area contributed by atoms with Crippen LogP contribution in [0.25, 0.3) is 0 Å². The molecule has 4 saturated carbocycles. The number of nitrogens with zero attached hydrogens (tertiary/aromatic N) is 2. The Hall–Kier alpha value is -1.76. The van der Waals surface area contributed by atoms with Gasteiger partial charge in [0, 0.05) is 36.2 Å². The van der Waals surface area contributed by atoms with Gasteiger partial charge >= 0.3 is 0 Å². The third-order valence-electron chi connectivity index (χ3n) is 8.44. The number of carbonyl (C=O) groups is 2. The van der Waals surface area contributed by atoms with Crippen LogP contribution in [0, 0.1) is 17.3 Å². The van der Waals surface area contributed by atoms with Crippen LogP contribution in [0.5, 0.6) is 5.75 Å². The first-order valence-corrected chi connectivity index (χ1v) is 13.1. The highest BCUT2D eigenvalue weighted by atomic mass is 79.9. The molecular weight excluding hydrogens is 482 g/mol. The van der Waals surface area contributed by atoms with Crippen LogP contribution in [0.1, 0.15) is 52.4 Å². The van der Waals surface area contributed by atoms with Gasteiger partial charge in [-0.15, -0.1) is 0 Å². The molecule has 180 valence electrons. The maximum absolute atomic E-state index is 13.6. The number of piperazine rings is 1. The van der Waals surface area contributed by atoms with Crippen molar-refractivity contribution in [3.05, 3.63) is 24.3 Å². The first-order chi connectivity index (χ1) is 15.6. The normalized spacial score (nSPS) is 33.2. The number of rotatable bonds is 5. The standard InChI is InChI=1S/C26H36BrN3O3/c1-24(2,28-22(31)25-13-18-12-19(14-25)16-26(27,15-18)17-25)23(32)30-10-8-29(9-11-30)20-4-6-21(33-3)7-5-20/h4-7,18-19H,8-17H2,1-3H3,(H,28,31). The van der Waals surface area contributed by atoms with E-state index in [0.717, 1.165) is 43.8 Å². The van der Waals surface area contributed by atoms with Crippen LogP contribution in [0.3, 0.4) is 0 Å². The van der Waals surface area contributed by atoms with Crippen molar-refractivity contribution in [2.45, 2.75) is 62.2 Å². The largest absolute Gasteiger partial charge is 0.497 e. The van der Waals surface area contributed by atoms with Crippen LogP contribution in [-0.4, -0.2) is 59.9 Å². The van der Waals surface area contributed by atoms with Gasteiger partial charge in [-0.3, -0.25) is 9.59 Å². The zero-order chi connectivity index (χ0) is 23.4. The van der Waals surface area contributed by atoms with E-state index in [1.807, 2.05) is 30.9 Å². The van der Waals surface area contributed by atoms with Crippen LogP contribution >= 0.6 is 15.9 Å². The Balaban J connectivity index is 1.20. The van der Waals surface area contributed by atoms with Crippen LogP contribution in [0.4, 0.5) is 5.69 Å². The summed E-state index contributed by atoms with van der Waals surface area (Å²) < 4.78 is 5.37. The number of carbonyl (C=O) groups excluding carboxylic acids is 2. The predicted octanol–water partition coefficient (Wildman–Crippen LogP) is 3.97. The van der Waals surface area contributed by atoms with Crippen molar-refractivity contribution in [2.24, 2.45) is 17.3 Å². The van der Waals surface area contributed by atoms with E-state index in [2.05, 4.69) is 38.3 Å². The Morgan fingerprint density at radius 3 is 2.18 bits per heavy atom. The average Bonchev–Trinajstić information content (AvgIpc) is 2.77. The van der Waals surface area contributed by atoms with Gasteiger partial charge in [0.25, 0.3) is 0 Å². The van der Waals surface area contributed by atoms with E-state index in [1.54, 1.807) is 7.11 Å². The summed E-state index contributed by atoms with van der Waals surface area (Å²) in [7, 11) is 1.67. The second-order valence-corrected chi connectivity index (χ2v) is 13.1. The van der Waals surface area contributed by atoms with Crippen molar-refractivity contribution < 1.29 is 14.3 Å². The fraction of sp³-hybridized carbons (Fsp3) is 0.692. The molecule has 33 heavy (non-hydrogen) atoms. The minimum atomic E-state index is -0.901. The molecule has 5 fully saturated rings. The van der Waals surface area contributed by atoms with Crippen LogP contribution in [-0.2, 0) is 9.59 Å². The van der Waals surface area contributed by atoms with Gasteiger partial charge in [0.15, 0.2) is 0 Å². The highest BCUT2D eigenvalue weighted by Crippen LogP contribution is 2.64. The summed E-state index contributed by atoms with van der Waals surface area (Å²) in [5, 5.41) is 3.20. The van der Waals surface area contributed by atoms with Gasteiger partial charge in [-0.2, -0.15) is 0 Å². The second kappa shape index (κ2) is 8.17. The topological polar surface area (TPSA) is 61.9 Å². The smallest absolute Gasteiger partial charge is 0.247 e. The molecule has 1 heterocycles. The van der Waals surface area contributed by atoms with Gasteiger partial charge in [-0.25, -0.2) is 0 Å². The van der Waals surface area contributed by atoms with Gasteiger partial charge in [0.2, 0.25) is 11.8 Å². The molecule has 6 nitrogen and oxygen atoms in total. The summed E-state index contributed by atoms with van der Waals surface area (Å²) in [6.45, 7) is 6.61. The predicted molar refractivity (Wildman–Crippen MR) is 133 cm³/mol. The zero-order valence-electron chi connectivity index (χ0n) is 20.0. The molecule has 1 aromatic rings. The quantitative estimate of drug-likeness (QED) is 0.600. The molecule has 4 bridgehead atoms. The molecule has 0 spiro atoms. The minimum Gasteiger partial charge on any atom is -0.497 e. The highest BCUT2D eigenvalue weighted by Gasteiger charge is 2.60. The number of benzene rings is 1. The Labute approximate surface area is 205 Å². The Kier molecular flexibility index (Phi) is 5.70. The number of hydrogen-bond donors (Lipinski definition) is 1. The van der Waals surface area contributed by atoms with Gasteiger partial charge in [-0.05, 0) is 88.5 Å². The van der Waals surface area contributed by atoms with Gasteiger partial charge in [0.05, 0.1) is 12.5 Å². The minimum absolute atomic E-state index is 0.0171. The molecule has 5 aliphatic rings. The molecule has 7 heteroatoms. The number of ether oxygens (including phenoxy) is 1. The molecule has 6 rings (SSSR count). The van der Waals surface area contributed by atoms with E-state index in [4.69, 9.17) is 4.74 Å². The number of alkyl halides is 1. The fourth-order valence-corrected chi connectivity index (χ4v) is 8.69. The molecule has 2 unspecified atom stereocenters. The summed E-state index contributed by atoms with van der Waals surface area (Å²) in [6.07, 6.45) is 6.52. The third-order valence-corrected chi connectivity index (χ3v) is 9.36. The molecule has 1 aliphatic heterocycles. The van der Waals surface area contributed by atoms with E-state index in [0.29, 0.717) is 24.9 Å². The van der Waals surface area contributed by atoms with Crippen molar-refractivity contribution in [3.63, 3.8) is 0 Å². The summed E-state index contributed by atoms with van der Waals surface area (Å²) in [6, 6.07) is 8.05. The number of methoxy groups -OCH3 is 1. The molecule has 4 aliphatic carbocycles. The summed E-state index contributed by atoms with van der Waals surface area (Å²) >= 11 is 4.00. The molecule has 1 saturated heterocycles. The first kappa shape index (κ1) is 23.0. The Bertz CT molecular complexity index is 909. The SMILES string of the molecule is COc1ccc(N2CCN(C(=O)C(C)(C)NC(=O)C34CC5CC(CC(Br)(C5)C3)C4)CC2)cc1. The van der Waals surface area contributed by atoms with Crippen LogP contribution in [0.2, 0.25) is 0 Å². The molecule has 1 aromatic carbocycles. The van der Waals surface area contributed by atoms with Crippen molar-refractivity contribution in [3.8, 4) is 5.75 Å². The molecule has 2 atom stereocenters. The summed E-state index contributed by atoms with van der Waals surface area (Å²) in [5.41, 5.74) is -0.0682. The summed E-state index contributed by atoms with van der Waals surface area (Å²) in [4.78, 5) is 31.2. The van der Waals surface area contributed by atoms with E-state index in [9.17, 15) is 9.59 Å². The monoisotopic (exact) mass is 517 g/mol. The van der Waals surface area contributed by atoms with E-state index in [1.165, 1.54) is 19.3 Å². The van der Waals surface area contributed by atoms with Crippen molar-refractivity contribution in [2.75, 3.05) is 38.2 Å². The lowest BCUT2D eigenvalue weighted by atomic mass is 9.49. The number of nitrogens with one attached hydrogen (secondary N) is 1. The Morgan fingerprint density at radius 1 is 1.03 bits per heavy atom. The second-order valence-electron chi connectivity index (χ2n) is 11.4. The van der Waals surface area contributed by atoms with Gasteiger partial charge in [0.1, 0.15) is 11.3 Å². The number of amides is 2. The lowest BCUT2D eigenvalue weighted by molar-refractivity contribution is -0.150. The van der Waals surface area contributed by atoms with E-state index < -0.39 is 5.54 Å². The first-order valence-electron chi connectivity index (χ1n) is 12.3. The maximum atomic E-state index is 13.6. The number of anilines is 1. The van der Waals surface area contributed by atoms with Crippen LogP contribution < -0.4 is 15.0 Å². The molecule has 0 aromatic heterocycles. The number of hydrogen-bond acceptors (Lipinski definition) is 4. The zero-order valence-corrected chi connectivity index (χ0v) is 21.6. The molecule has 0 radical (unpaired) electrons. The molecule has 1 N–H and O–H groups in total. The molecular formula is C26H36BrN3O3. The van der Waals surface area contributed by atoms with Crippen molar-refractivity contribution in [1.82, 2.24) is 10.2 Å². The average molecular weight is 518 g/mol. The van der Waals surface area contributed by atoms with Crippen molar-refractivity contribution >= 4 is 33.4 Å². The van der Waals surface area contributed by atoms with Crippen LogP contribution in [0.15, 0.2) is 24.3 Å². The highest BCUT2D eigenvalue weighted by molar-refractivity contribution is 9.10. The Morgan fingerprint density at radius 2 is 1.64 bits per heavy atom. The van der Waals surface area contributed by atoms with E-state index in [-0.39, 0.29) is 21.6 Å². The number of halogens is 1. The fourth-order valence-electron chi connectivity index (χ4n) is 7.24. The van der Waals surface area contributed by atoms with Crippen molar-refractivity contribution in [1.29, 1.82) is 0 Å². The maximum Gasteiger partial charge on any atom is 0.247 e. The van der Waals surface area contributed by atoms with E-state index >= 15 is 0 Å². The molecule has 2 amide bonds. The van der Waals surface area contributed by atoms with Gasteiger partial charge in [-0.1, -0.05) is 15.9 Å².